The Hall–Kier alpha value is -0.160. The topological polar surface area (TPSA) is 61.7 Å². The molecule has 4 heteroatoms. The molecule has 1 unspecified atom stereocenters. The van der Waals surface area contributed by atoms with Gasteiger partial charge in [-0.2, -0.15) is 0 Å². The molecule has 3 N–H and O–H groups in total. The Balaban J connectivity index is 1.44. The van der Waals surface area contributed by atoms with Crippen molar-refractivity contribution in [1.82, 2.24) is 5.32 Å². The van der Waals surface area contributed by atoms with Crippen molar-refractivity contribution in [1.29, 1.82) is 0 Å². The molecular weight excluding hydrogens is 218 g/mol. The van der Waals surface area contributed by atoms with E-state index in [1.165, 1.54) is 12.8 Å². The van der Waals surface area contributed by atoms with Crippen LogP contribution >= 0.6 is 0 Å². The van der Waals surface area contributed by atoms with Crippen molar-refractivity contribution >= 4 is 0 Å². The lowest BCUT2D eigenvalue weighted by Crippen LogP contribution is -2.39. The molecule has 0 aromatic rings. The molecule has 2 aliphatic rings. The predicted molar refractivity (Wildman–Crippen MR) is 65.8 cm³/mol. The average molecular weight is 243 g/mol. The number of aliphatic hydroxyl groups excluding tert-OH is 2. The molecule has 2 saturated carbocycles. The monoisotopic (exact) mass is 243 g/mol. The Bertz CT molecular complexity index is 213. The SMILES string of the molecule is OC(CNCC1CC(O)C1)COC1CCCC1. The molecule has 0 amide bonds. The summed E-state index contributed by atoms with van der Waals surface area (Å²) in [6.07, 6.45) is 6.54. The molecular formula is C13H25NO3. The summed E-state index contributed by atoms with van der Waals surface area (Å²) in [5.41, 5.74) is 0. The van der Waals surface area contributed by atoms with Crippen LogP contribution in [0.2, 0.25) is 0 Å². The largest absolute Gasteiger partial charge is 0.393 e. The third-order valence-electron chi connectivity index (χ3n) is 3.85. The van der Waals surface area contributed by atoms with E-state index in [2.05, 4.69) is 5.32 Å². The fraction of sp³-hybridized carbons (Fsp3) is 1.00. The van der Waals surface area contributed by atoms with Crippen molar-refractivity contribution in [2.45, 2.75) is 56.8 Å². The number of rotatable bonds is 7. The second-order valence-corrected chi connectivity index (χ2v) is 5.54. The van der Waals surface area contributed by atoms with Gasteiger partial charge < -0.3 is 20.3 Å². The zero-order valence-corrected chi connectivity index (χ0v) is 10.5. The standard InChI is InChI=1S/C13H25NO3/c15-11-5-10(6-11)7-14-8-12(16)9-17-13-3-1-2-4-13/h10-16H,1-9H2. The van der Waals surface area contributed by atoms with Gasteiger partial charge in [-0.25, -0.2) is 0 Å². The summed E-state index contributed by atoms with van der Waals surface area (Å²) >= 11 is 0. The Labute approximate surface area is 103 Å². The summed E-state index contributed by atoms with van der Waals surface area (Å²) in [6, 6.07) is 0. The van der Waals surface area contributed by atoms with E-state index in [0.717, 1.165) is 32.2 Å². The zero-order valence-electron chi connectivity index (χ0n) is 10.5. The molecule has 2 fully saturated rings. The fourth-order valence-corrected chi connectivity index (χ4v) is 2.68. The van der Waals surface area contributed by atoms with Crippen LogP contribution < -0.4 is 5.32 Å². The number of hydrogen-bond donors (Lipinski definition) is 3. The van der Waals surface area contributed by atoms with Gasteiger partial charge in [0.2, 0.25) is 0 Å². The number of ether oxygens (including phenoxy) is 1. The normalized spacial score (nSPS) is 31.4. The molecule has 0 aromatic carbocycles. The minimum absolute atomic E-state index is 0.0857. The molecule has 0 bridgehead atoms. The van der Waals surface area contributed by atoms with Crippen molar-refractivity contribution < 1.29 is 14.9 Å². The Morgan fingerprint density at radius 3 is 2.59 bits per heavy atom. The minimum Gasteiger partial charge on any atom is -0.393 e. The van der Waals surface area contributed by atoms with Crippen LogP contribution in [0, 0.1) is 5.92 Å². The van der Waals surface area contributed by atoms with Crippen LogP contribution in [0.4, 0.5) is 0 Å². The van der Waals surface area contributed by atoms with E-state index in [1.807, 2.05) is 0 Å². The van der Waals surface area contributed by atoms with Crippen LogP contribution in [0.15, 0.2) is 0 Å². The van der Waals surface area contributed by atoms with Gasteiger partial charge in [-0.1, -0.05) is 12.8 Å². The van der Waals surface area contributed by atoms with Gasteiger partial charge in [0.05, 0.1) is 24.9 Å². The van der Waals surface area contributed by atoms with Crippen LogP contribution in [0.5, 0.6) is 0 Å². The van der Waals surface area contributed by atoms with Gasteiger partial charge in [0.25, 0.3) is 0 Å². The highest BCUT2D eigenvalue weighted by Crippen LogP contribution is 2.26. The Morgan fingerprint density at radius 1 is 1.24 bits per heavy atom. The molecule has 17 heavy (non-hydrogen) atoms. The maximum absolute atomic E-state index is 9.73. The van der Waals surface area contributed by atoms with E-state index in [0.29, 0.717) is 25.2 Å². The van der Waals surface area contributed by atoms with Gasteiger partial charge in [-0.3, -0.25) is 0 Å². The van der Waals surface area contributed by atoms with Gasteiger partial charge in [-0.05, 0) is 38.1 Å². The summed E-state index contributed by atoms with van der Waals surface area (Å²) in [4.78, 5) is 0. The third-order valence-corrected chi connectivity index (χ3v) is 3.85. The molecule has 1 atom stereocenters. The molecule has 0 aliphatic heterocycles. The zero-order chi connectivity index (χ0) is 12.1. The Morgan fingerprint density at radius 2 is 1.94 bits per heavy atom. The van der Waals surface area contributed by atoms with Gasteiger partial charge in [0.15, 0.2) is 0 Å². The highest BCUT2D eigenvalue weighted by molar-refractivity contribution is 4.80. The smallest absolute Gasteiger partial charge is 0.0897 e. The molecule has 0 aromatic heterocycles. The van der Waals surface area contributed by atoms with E-state index in [4.69, 9.17) is 9.84 Å². The second kappa shape index (κ2) is 6.69. The van der Waals surface area contributed by atoms with Crippen molar-refractivity contribution in [3.8, 4) is 0 Å². The Kier molecular flexibility index (Phi) is 5.22. The fourth-order valence-electron chi connectivity index (χ4n) is 2.68. The first kappa shape index (κ1) is 13.3. The first-order valence-corrected chi connectivity index (χ1v) is 6.92. The molecule has 2 aliphatic carbocycles. The van der Waals surface area contributed by atoms with Gasteiger partial charge in [-0.15, -0.1) is 0 Å². The predicted octanol–water partition coefficient (Wildman–Crippen LogP) is 0.667. The molecule has 100 valence electrons. The molecule has 2 rings (SSSR count). The van der Waals surface area contributed by atoms with Crippen LogP contribution in [0.1, 0.15) is 38.5 Å². The third kappa shape index (κ3) is 4.54. The first-order valence-electron chi connectivity index (χ1n) is 6.92. The molecule has 0 heterocycles. The van der Waals surface area contributed by atoms with Gasteiger partial charge in [0, 0.05) is 6.54 Å². The molecule has 0 radical (unpaired) electrons. The van der Waals surface area contributed by atoms with Crippen molar-refractivity contribution in [3.05, 3.63) is 0 Å². The maximum Gasteiger partial charge on any atom is 0.0897 e. The lowest BCUT2D eigenvalue weighted by molar-refractivity contribution is -0.00736. The maximum atomic E-state index is 9.73. The van der Waals surface area contributed by atoms with E-state index in [9.17, 15) is 5.11 Å². The lowest BCUT2D eigenvalue weighted by Gasteiger charge is -2.31. The first-order chi connectivity index (χ1) is 8.24. The summed E-state index contributed by atoms with van der Waals surface area (Å²) in [5, 5.41) is 22.1. The minimum atomic E-state index is -0.402. The average Bonchev–Trinajstić information content (AvgIpc) is 2.76. The van der Waals surface area contributed by atoms with E-state index in [1.54, 1.807) is 0 Å². The quantitative estimate of drug-likeness (QED) is 0.615. The van der Waals surface area contributed by atoms with Crippen LogP contribution in [0.3, 0.4) is 0 Å². The summed E-state index contributed by atoms with van der Waals surface area (Å²) in [7, 11) is 0. The summed E-state index contributed by atoms with van der Waals surface area (Å²) in [5.74, 6) is 0.591. The molecule has 0 saturated heterocycles. The van der Waals surface area contributed by atoms with Crippen LogP contribution in [-0.4, -0.2) is 48.2 Å². The lowest BCUT2D eigenvalue weighted by atomic mass is 9.82. The number of nitrogens with one attached hydrogen (secondary N) is 1. The van der Waals surface area contributed by atoms with Crippen molar-refractivity contribution in [3.63, 3.8) is 0 Å². The molecule has 4 nitrogen and oxygen atoms in total. The van der Waals surface area contributed by atoms with Gasteiger partial charge >= 0.3 is 0 Å². The van der Waals surface area contributed by atoms with Crippen molar-refractivity contribution in [2.75, 3.05) is 19.7 Å². The van der Waals surface area contributed by atoms with E-state index in [-0.39, 0.29) is 6.10 Å². The van der Waals surface area contributed by atoms with Crippen LogP contribution in [-0.2, 0) is 4.74 Å². The van der Waals surface area contributed by atoms with E-state index < -0.39 is 6.10 Å². The van der Waals surface area contributed by atoms with E-state index >= 15 is 0 Å². The highest BCUT2D eigenvalue weighted by atomic mass is 16.5. The highest BCUT2D eigenvalue weighted by Gasteiger charge is 2.26. The summed E-state index contributed by atoms with van der Waals surface area (Å²) in [6.45, 7) is 1.95. The van der Waals surface area contributed by atoms with Crippen LogP contribution in [0.25, 0.3) is 0 Å². The molecule has 0 spiro atoms. The summed E-state index contributed by atoms with van der Waals surface area (Å²) < 4.78 is 5.65. The second-order valence-electron chi connectivity index (χ2n) is 5.54. The number of hydrogen-bond acceptors (Lipinski definition) is 4. The van der Waals surface area contributed by atoms with Gasteiger partial charge in [0.1, 0.15) is 0 Å². The number of aliphatic hydroxyl groups is 2. The van der Waals surface area contributed by atoms with Crippen molar-refractivity contribution in [2.24, 2.45) is 5.92 Å².